The van der Waals surface area contributed by atoms with Crippen LogP contribution in [0.3, 0.4) is 0 Å². The number of anilines is 3. The molecular formula is C15H17ClN6O4S2. The van der Waals surface area contributed by atoms with Gasteiger partial charge in [0, 0.05) is 12.1 Å². The van der Waals surface area contributed by atoms with E-state index in [1.54, 1.807) is 6.92 Å². The lowest BCUT2D eigenvalue weighted by Crippen LogP contribution is -2.12. The van der Waals surface area contributed by atoms with Crippen molar-refractivity contribution in [2.24, 2.45) is 5.14 Å². The number of halogens is 1. The number of nitrogen functional groups attached to an aromatic ring is 2. The topological polar surface area (TPSA) is 187 Å². The van der Waals surface area contributed by atoms with Crippen LogP contribution in [-0.4, -0.2) is 28.2 Å². The predicted octanol–water partition coefficient (Wildman–Crippen LogP) is 1.90. The minimum absolute atomic E-state index is 0.0459. The summed E-state index contributed by atoms with van der Waals surface area (Å²) in [6, 6.07) is 5.64. The van der Waals surface area contributed by atoms with E-state index in [1.165, 1.54) is 24.3 Å². The number of sulfonamides is 1. The number of nitrogens with two attached hydrogens (primary N) is 3. The second-order valence-corrected chi connectivity index (χ2v) is 7.93. The fraction of sp³-hybridized carbons (Fsp3) is 0.133. The summed E-state index contributed by atoms with van der Waals surface area (Å²) in [5, 5.41) is 17.1. The maximum Gasteiger partial charge on any atom is 0.240 e. The van der Waals surface area contributed by atoms with E-state index in [4.69, 9.17) is 28.2 Å². The number of hydrogen-bond acceptors (Lipinski definition) is 9. The lowest BCUT2D eigenvalue weighted by Gasteiger charge is -2.08. The highest BCUT2D eigenvalue weighted by Gasteiger charge is 2.16. The van der Waals surface area contributed by atoms with Crippen LogP contribution < -0.4 is 21.9 Å². The molecule has 1 heterocycles. The van der Waals surface area contributed by atoms with E-state index in [9.17, 15) is 18.3 Å². The van der Waals surface area contributed by atoms with Crippen LogP contribution in [0.1, 0.15) is 13.3 Å². The molecule has 0 atom stereocenters. The number of hydrogen-bond donors (Lipinski definition) is 5. The smallest absolute Gasteiger partial charge is 0.240 e. The number of rotatable bonds is 3. The number of phenols is 1. The third-order valence-corrected chi connectivity index (χ3v) is 5.16. The summed E-state index contributed by atoms with van der Waals surface area (Å²) in [4.78, 5) is 11.0. The van der Waals surface area contributed by atoms with E-state index in [1.807, 2.05) is 0 Å². The van der Waals surface area contributed by atoms with Gasteiger partial charge in [-0.3, -0.25) is 4.79 Å². The third kappa shape index (κ3) is 4.98. The van der Waals surface area contributed by atoms with Gasteiger partial charge < -0.3 is 21.9 Å². The van der Waals surface area contributed by atoms with Gasteiger partial charge in [0.1, 0.15) is 15.9 Å². The highest BCUT2D eigenvalue weighted by Crippen LogP contribution is 2.34. The monoisotopic (exact) mass is 444 g/mol. The Balaban J connectivity index is 0.000000200. The number of aromatic nitrogens is 2. The normalized spacial score (nSPS) is 11.0. The van der Waals surface area contributed by atoms with Crippen molar-refractivity contribution in [3.63, 3.8) is 0 Å². The van der Waals surface area contributed by atoms with Crippen molar-refractivity contribution in [1.82, 2.24) is 8.75 Å². The van der Waals surface area contributed by atoms with E-state index < -0.39 is 10.0 Å². The van der Waals surface area contributed by atoms with Crippen LogP contribution in [0.15, 0.2) is 29.2 Å². The number of carbonyl (C=O) groups is 1. The molecule has 3 aromatic rings. The molecule has 0 saturated carbocycles. The molecule has 3 rings (SSSR count). The molecule has 28 heavy (non-hydrogen) atoms. The molecule has 1 aromatic heterocycles. The zero-order valence-corrected chi connectivity index (χ0v) is 16.9. The summed E-state index contributed by atoms with van der Waals surface area (Å²) in [6.07, 6.45) is 0.325. The fourth-order valence-corrected chi connectivity index (χ4v) is 3.58. The Morgan fingerprint density at radius 3 is 2.50 bits per heavy atom. The van der Waals surface area contributed by atoms with E-state index in [0.29, 0.717) is 23.3 Å². The lowest BCUT2D eigenvalue weighted by atomic mass is 10.2. The van der Waals surface area contributed by atoms with Crippen molar-refractivity contribution in [2.45, 2.75) is 18.2 Å². The zero-order chi connectivity index (χ0) is 21.1. The minimum Gasteiger partial charge on any atom is -0.504 e. The van der Waals surface area contributed by atoms with Gasteiger partial charge in [-0.05, 0) is 24.3 Å². The summed E-state index contributed by atoms with van der Waals surface area (Å²) in [5.74, 6) is -0.371. The van der Waals surface area contributed by atoms with Crippen LogP contribution in [0.25, 0.3) is 11.0 Å². The largest absolute Gasteiger partial charge is 0.504 e. The maximum atomic E-state index is 11.1. The van der Waals surface area contributed by atoms with E-state index in [2.05, 4.69) is 14.1 Å². The Bertz CT molecular complexity index is 1130. The van der Waals surface area contributed by atoms with Crippen LogP contribution in [-0.2, 0) is 14.8 Å². The number of fused-ring (bicyclic) bond motifs is 1. The SMILES string of the molecule is CCC(=O)Nc1cc(N)cc(Cl)c1O.Nc1ccc(S(N)(=O)=O)c2nsnc12. The van der Waals surface area contributed by atoms with Gasteiger partial charge in [-0.2, -0.15) is 8.75 Å². The van der Waals surface area contributed by atoms with Crippen molar-refractivity contribution >= 4 is 67.4 Å². The molecule has 0 aliphatic heterocycles. The molecular weight excluding hydrogens is 428 g/mol. The van der Waals surface area contributed by atoms with Gasteiger partial charge in [-0.15, -0.1) is 0 Å². The number of aromatic hydroxyl groups is 1. The number of amides is 1. The Kier molecular flexibility index (Phi) is 6.61. The van der Waals surface area contributed by atoms with Gasteiger partial charge in [0.05, 0.1) is 28.1 Å². The molecule has 2 aromatic carbocycles. The van der Waals surface area contributed by atoms with Gasteiger partial charge in [0.15, 0.2) is 5.75 Å². The fourth-order valence-electron chi connectivity index (χ4n) is 2.05. The predicted molar refractivity (Wildman–Crippen MR) is 110 cm³/mol. The maximum absolute atomic E-state index is 11.1. The number of phenolic OH excluding ortho intramolecular Hbond substituents is 1. The Morgan fingerprint density at radius 2 is 1.89 bits per heavy atom. The number of primary sulfonamides is 1. The van der Waals surface area contributed by atoms with Gasteiger partial charge in [0.25, 0.3) is 0 Å². The molecule has 0 radical (unpaired) electrons. The molecule has 150 valence electrons. The third-order valence-electron chi connectivity index (χ3n) is 3.40. The summed E-state index contributed by atoms with van der Waals surface area (Å²) >= 11 is 6.56. The number of nitrogens with zero attached hydrogens (tertiary/aromatic N) is 2. The van der Waals surface area contributed by atoms with Gasteiger partial charge in [-0.1, -0.05) is 18.5 Å². The second-order valence-electron chi connectivity index (χ2n) is 5.46. The van der Waals surface area contributed by atoms with Crippen LogP contribution in [0, 0.1) is 0 Å². The Hall–Kier alpha value is -2.67. The first-order valence-corrected chi connectivity index (χ1v) is 10.3. The number of carbonyl (C=O) groups excluding carboxylic acids is 1. The van der Waals surface area contributed by atoms with Crippen LogP contribution in [0.5, 0.6) is 5.75 Å². The lowest BCUT2D eigenvalue weighted by molar-refractivity contribution is -0.115. The van der Waals surface area contributed by atoms with Crippen LogP contribution in [0.4, 0.5) is 17.1 Å². The van der Waals surface area contributed by atoms with Crippen molar-refractivity contribution in [3.05, 3.63) is 29.3 Å². The molecule has 0 saturated heterocycles. The zero-order valence-electron chi connectivity index (χ0n) is 14.5. The standard InChI is InChI=1S/C9H11ClN2O2.C6H6N4O2S2/c1-2-8(13)12-7-4-5(11)3-6(10)9(7)14;7-3-1-2-4(14(8,11)12)6-5(3)9-13-10-6/h3-4,14H,2,11H2,1H3,(H,12,13);1-2H,7H2,(H2,8,11,12). The molecule has 10 nitrogen and oxygen atoms in total. The summed E-state index contributed by atoms with van der Waals surface area (Å²) < 4.78 is 30.0. The number of benzene rings is 2. The Morgan fingerprint density at radius 1 is 1.25 bits per heavy atom. The minimum atomic E-state index is -3.77. The highest BCUT2D eigenvalue weighted by molar-refractivity contribution is 7.89. The Labute approximate surface area is 169 Å². The summed E-state index contributed by atoms with van der Waals surface area (Å²) in [7, 11) is -3.77. The molecule has 0 aliphatic carbocycles. The molecule has 1 amide bonds. The van der Waals surface area contributed by atoms with Crippen LogP contribution >= 0.6 is 23.3 Å². The quantitative estimate of drug-likeness (QED) is 0.230. The molecule has 0 bridgehead atoms. The van der Waals surface area contributed by atoms with Gasteiger partial charge in [0.2, 0.25) is 15.9 Å². The van der Waals surface area contributed by atoms with Crippen LogP contribution in [0.2, 0.25) is 5.02 Å². The summed E-state index contributed by atoms with van der Waals surface area (Å²) in [5.41, 5.74) is 12.7. The first kappa shape index (κ1) is 21.6. The molecule has 0 aliphatic rings. The first-order chi connectivity index (χ1) is 13.0. The highest BCUT2D eigenvalue weighted by atomic mass is 35.5. The van der Waals surface area contributed by atoms with E-state index >= 15 is 0 Å². The number of nitrogens with one attached hydrogen (secondary N) is 1. The molecule has 0 fully saturated rings. The van der Waals surface area contributed by atoms with Crippen molar-refractivity contribution in [2.75, 3.05) is 16.8 Å². The molecule has 13 heteroatoms. The van der Waals surface area contributed by atoms with Crippen molar-refractivity contribution in [1.29, 1.82) is 0 Å². The average molecular weight is 445 g/mol. The van der Waals surface area contributed by atoms with E-state index in [0.717, 1.165) is 11.7 Å². The first-order valence-electron chi connectivity index (χ1n) is 7.66. The van der Waals surface area contributed by atoms with Crippen molar-refractivity contribution in [3.8, 4) is 5.75 Å². The summed E-state index contributed by atoms with van der Waals surface area (Å²) in [6.45, 7) is 1.71. The molecule has 8 N–H and O–H groups in total. The average Bonchev–Trinajstić information content (AvgIpc) is 3.09. The van der Waals surface area contributed by atoms with Gasteiger partial charge in [-0.25, -0.2) is 13.6 Å². The van der Waals surface area contributed by atoms with E-state index in [-0.39, 0.29) is 32.8 Å². The molecule has 0 unspecified atom stereocenters. The molecule has 0 spiro atoms. The second kappa shape index (κ2) is 8.56. The van der Waals surface area contributed by atoms with Gasteiger partial charge >= 0.3 is 0 Å². The van der Waals surface area contributed by atoms with Crippen molar-refractivity contribution < 1.29 is 18.3 Å².